The summed E-state index contributed by atoms with van der Waals surface area (Å²) in [4.78, 5) is 0. The number of ether oxygens (including phenoxy) is 1. The summed E-state index contributed by atoms with van der Waals surface area (Å²) in [7, 11) is 0. The molecule has 2 rings (SSSR count). The Morgan fingerprint density at radius 1 is 0.909 bits per heavy atom. The maximum absolute atomic E-state index is 9.95. The van der Waals surface area contributed by atoms with Crippen LogP contribution >= 0.6 is 0 Å². The Kier molecular flexibility index (Phi) is 7.06. The molecule has 1 atom stereocenters. The van der Waals surface area contributed by atoms with Crippen molar-refractivity contribution in [2.75, 3.05) is 26.3 Å². The van der Waals surface area contributed by atoms with Crippen molar-refractivity contribution in [1.29, 1.82) is 0 Å². The van der Waals surface area contributed by atoms with Gasteiger partial charge in [-0.3, -0.25) is 0 Å². The van der Waals surface area contributed by atoms with Crippen molar-refractivity contribution in [3.63, 3.8) is 0 Å². The molecule has 0 amide bonds. The maximum atomic E-state index is 9.95. The average Bonchev–Trinajstić information content (AvgIpc) is 2.57. The highest BCUT2D eigenvalue weighted by Crippen LogP contribution is 2.25. The van der Waals surface area contributed by atoms with Gasteiger partial charge in [-0.05, 0) is 11.1 Å². The molecule has 4 heteroatoms. The Bertz CT molecular complexity index is 479. The van der Waals surface area contributed by atoms with E-state index in [9.17, 15) is 5.11 Å². The van der Waals surface area contributed by atoms with Crippen LogP contribution in [0.25, 0.3) is 0 Å². The normalized spacial score (nSPS) is 12.5. The Hall–Kier alpha value is -1.72. The van der Waals surface area contributed by atoms with Gasteiger partial charge in [-0.25, -0.2) is 0 Å². The van der Waals surface area contributed by atoms with Crippen LogP contribution in [-0.2, 0) is 4.74 Å². The molecule has 118 valence electrons. The van der Waals surface area contributed by atoms with E-state index >= 15 is 0 Å². The number of aliphatic hydroxyl groups excluding tert-OH is 2. The fourth-order valence-corrected chi connectivity index (χ4v) is 2.25. The predicted molar refractivity (Wildman–Crippen MR) is 86.6 cm³/mol. The summed E-state index contributed by atoms with van der Waals surface area (Å²) < 4.78 is 5.95. The van der Waals surface area contributed by atoms with Crippen molar-refractivity contribution < 1.29 is 14.9 Å². The number of rotatable bonds is 9. The Balaban J connectivity index is 2.00. The number of hydrogen-bond donors (Lipinski definition) is 3. The third kappa shape index (κ3) is 5.24. The first-order chi connectivity index (χ1) is 10.8. The molecule has 2 aromatic rings. The average molecular weight is 301 g/mol. The topological polar surface area (TPSA) is 61.7 Å². The summed E-state index contributed by atoms with van der Waals surface area (Å²) in [6, 6.07) is 20.0. The second-order valence-electron chi connectivity index (χ2n) is 5.12. The van der Waals surface area contributed by atoms with Crippen molar-refractivity contribution >= 4 is 0 Å². The van der Waals surface area contributed by atoms with E-state index in [1.165, 1.54) is 0 Å². The van der Waals surface area contributed by atoms with Crippen LogP contribution in [0.2, 0.25) is 0 Å². The highest BCUT2D eigenvalue weighted by atomic mass is 16.5. The lowest BCUT2D eigenvalue weighted by Crippen LogP contribution is -2.32. The minimum atomic E-state index is -0.610. The van der Waals surface area contributed by atoms with E-state index in [1.807, 2.05) is 60.7 Å². The maximum Gasteiger partial charge on any atom is 0.108 e. The molecule has 3 N–H and O–H groups in total. The third-order valence-electron chi connectivity index (χ3n) is 3.33. The van der Waals surface area contributed by atoms with Crippen molar-refractivity contribution in [2.24, 2.45) is 0 Å². The quantitative estimate of drug-likeness (QED) is 0.617. The predicted octanol–water partition coefficient (Wildman–Crippen LogP) is 1.74. The Morgan fingerprint density at radius 2 is 1.45 bits per heavy atom. The van der Waals surface area contributed by atoms with Gasteiger partial charge in [0.15, 0.2) is 0 Å². The van der Waals surface area contributed by atoms with E-state index in [4.69, 9.17) is 9.84 Å². The Labute approximate surface area is 131 Å². The molecule has 0 radical (unpaired) electrons. The molecular formula is C18H23NO3. The van der Waals surface area contributed by atoms with Crippen LogP contribution in [0, 0.1) is 0 Å². The highest BCUT2D eigenvalue weighted by Gasteiger charge is 2.16. The lowest BCUT2D eigenvalue weighted by atomic mass is 10.0. The van der Waals surface area contributed by atoms with E-state index in [0.29, 0.717) is 13.1 Å². The monoisotopic (exact) mass is 301 g/mol. The number of benzene rings is 2. The molecule has 4 nitrogen and oxygen atoms in total. The minimum Gasteiger partial charge on any atom is -0.395 e. The first-order valence-corrected chi connectivity index (χ1v) is 7.52. The molecule has 0 saturated heterocycles. The van der Waals surface area contributed by atoms with Crippen LogP contribution in [-0.4, -0.2) is 42.6 Å². The van der Waals surface area contributed by atoms with Gasteiger partial charge in [-0.1, -0.05) is 60.7 Å². The van der Waals surface area contributed by atoms with E-state index < -0.39 is 6.10 Å². The summed E-state index contributed by atoms with van der Waals surface area (Å²) in [6.45, 7) is 1.16. The fraction of sp³-hybridized carbons (Fsp3) is 0.333. The highest BCUT2D eigenvalue weighted by molar-refractivity contribution is 5.29. The molecule has 22 heavy (non-hydrogen) atoms. The molecule has 0 aromatic heterocycles. The first-order valence-electron chi connectivity index (χ1n) is 7.52. The van der Waals surface area contributed by atoms with Crippen LogP contribution in [0.15, 0.2) is 60.7 Å². The van der Waals surface area contributed by atoms with Gasteiger partial charge in [0.05, 0.1) is 19.3 Å². The van der Waals surface area contributed by atoms with Gasteiger partial charge in [-0.15, -0.1) is 0 Å². The summed E-state index contributed by atoms with van der Waals surface area (Å²) in [5, 5.41) is 21.6. The zero-order valence-electron chi connectivity index (χ0n) is 12.6. The van der Waals surface area contributed by atoms with E-state index in [1.54, 1.807) is 0 Å². The molecule has 0 aliphatic carbocycles. The fourth-order valence-electron chi connectivity index (χ4n) is 2.25. The lowest BCUT2D eigenvalue weighted by molar-refractivity contribution is 0.00637. The zero-order valence-corrected chi connectivity index (χ0v) is 12.6. The molecule has 0 saturated carbocycles. The summed E-state index contributed by atoms with van der Waals surface area (Å²) >= 11 is 0. The van der Waals surface area contributed by atoms with Crippen molar-refractivity contribution in [3.8, 4) is 0 Å². The van der Waals surface area contributed by atoms with Crippen LogP contribution < -0.4 is 5.32 Å². The zero-order chi connectivity index (χ0) is 15.6. The molecule has 0 aliphatic heterocycles. The summed E-state index contributed by atoms with van der Waals surface area (Å²) in [6.07, 6.45) is -0.809. The van der Waals surface area contributed by atoms with E-state index in [-0.39, 0.29) is 19.3 Å². The van der Waals surface area contributed by atoms with Crippen molar-refractivity contribution in [2.45, 2.75) is 12.2 Å². The minimum absolute atomic E-state index is 0.0598. The molecule has 0 bridgehead atoms. The van der Waals surface area contributed by atoms with Gasteiger partial charge in [0.1, 0.15) is 6.10 Å². The van der Waals surface area contributed by atoms with Gasteiger partial charge in [0.2, 0.25) is 0 Å². The van der Waals surface area contributed by atoms with E-state index in [2.05, 4.69) is 5.32 Å². The standard InChI is InChI=1S/C18H23NO3/c20-12-11-19-13-17(21)14-22-18(15-7-3-1-4-8-15)16-9-5-2-6-10-16/h1-10,17-21H,11-14H2/t17-/m1/s1. The van der Waals surface area contributed by atoms with Gasteiger partial charge in [0, 0.05) is 13.1 Å². The van der Waals surface area contributed by atoms with Gasteiger partial charge in [0.25, 0.3) is 0 Å². The summed E-state index contributed by atoms with van der Waals surface area (Å²) in [5.41, 5.74) is 2.12. The molecule has 0 spiro atoms. The van der Waals surface area contributed by atoms with Crippen LogP contribution in [0.3, 0.4) is 0 Å². The van der Waals surface area contributed by atoms with Crippen LogP contribution in [0.5, 0.6) is 0 Å². The molecule has 0 unspecified atom stereocenters. The molecule has 0 fully saturated rings. The number of aliphatic hydroxyl groups is 2. The second-order valence-corrected chi connectivity index (χ2v) is 5.12. The van der Waals surface area contributed by atoms with E-state index in [0.717, 1.165) is 11.1 Å². The summed E-state index contributed by atoms with van der Waals surface area (Å²) in [5.74, 6) is 0. The SMILES string of the molecule is OCCNC[C@@H](O)COC(c1ccccc1)c1ccccc1. The van der Waals surface area contributed by atoms with Crippen LogP contribution in [0.4, 0.5) is 0 Å². The first kappa shape index (κ1) is 16.6. The molecule has 0 heterocycles. The number of hydrogen-bond acceptors (Lipinski definition) is 4. The lowest BCUT2D eigenvalue weighted by Gasteiger charge is -2.21. The van der Waals surface area contributed by atoms with Gasteiger partial charge in [-0.2, -0.15) is 0 Å². The van der Waals surface area contributed by atoms with Gasteiger partial charge >= 0.3 is 0 Å². The Morgan fingerprint density at radius 3 is 1.95 bits per heavy atom. The molecule has 2 aromatic carbocycles. The second kappa shape index (κ2) is 9.33. The van der Waals surface area contributed by atoms with Crippen molar-refractivity contribution in [3.05, 3.63) is 71.8 Å². The van der Waals surface area contributed by atoms with Gasteiger partial charge < -0.3 is 20.3 Å². The third-order valence-corrected chi connectivity index (χ3v) is 3.33. The number of nitrogens with one attached hydrogen (secondary N) is 1. The smallest absolute Gasteiger partial charge is 0.108 e. The largest absolute Gasteiger partial charge is 0.395 e. The van der Waals surface area contributed by atoms with Crippen molar-refractivity contribution in [1.82, 2.24) is 5.32 Å². The molecule has 0 aliphatic rings. The van der Waals surface area contributed by atoms with Crippen LogP contribution in [0.1, 0.15) is 17.2 Å². The molecular weight excluding hydrogens is 278 g/mol.